The van der Waals surface area contributed by atoms with E-state index in [1.165, 1.54) is 6.26 Å². The molecule has 0 spiro atoms. The number of nitrogens with one attached hydrogen (secondary N) is 1. The van der Waals surface area contributed by atoms with Gasteiger partial charge in [-0.05, 0) is 39.0 Å². The molecule has 0 radical (unpaired) electrons. The minimum Gasteiger partial charge on any atom is -0.351 e. The highest BCUT2D eigenvalue weighted by Gasteiger charge is 2.28. The zero-order valence-electron chi connectivity index (χ0n) is 12.1. The second-order valence-electron chi connectivity index (χ2n) is 6.37. The van der Waals surface area contributed by atoms with E-state index in [-0.39, 0.29) is 23.6 Å². The van der Waals surface area contributed by atoms with Crippen LogP contribution in [0.4, 0.5) is 0 Å². The molecule has 0 saturated heterocycles. The second kappa shape index (κ2) is 6.22. The molecule has 0 aromatic carbocycles. The van der Waals surface area contributed by atoms with E-state index in [1.54, 1.807) is 0 Å². The van der Waals surface area contributed by atoms with Gasteiger partial charge < -0.3 is 11.1 Å². The van der Waals surface area contributed by atoms with Crippen LogP contribution >= 0.6 is 0 Å². The molecule has 2 atom stereocenters. The quantitative estimate of drug-likeness (QED) is 0.758. The van der Waals surface area contributed by atoms with Crippen LogP contribution in [-0.2, 0) is 14.6 Å². The van der Waals surface area contributed by atoms with Crippen molar-refractivity contribution >= 4 is 15.7 Å². The molecule has 1 saturated carbocycles. The summed E-state index contributed by atoms with van der Waals surface area (Å²) in [5, 5.41) is 2.92. The fourth-order valence-corrected chi connectivity index (χ4v) is 3.37. The van der Waals surface area contributed by atoms with Gasteiger partial charge in [-0.1, -0.05) is 6.42 Å². The molecule has 19 heavy (non-hydrogen) atoms. The fourth-order valence-electron chi connectivity index (χ4n) is 2.49. The predicted molar refractivity (Wildman–Crippen MR) is 76.5 cm³/mol. The molecule has 0 unspecified atom stereocenters. The zero-order chi connectivity index (χ0) is 14.7. The summed E-state index contributed by atoms with van der Waals surface area (Å²) in [6.07, 6.45) is 5.19. The maximum atomic E-state index is 12.0. The maximum absolute atomic E-state index is 12.0. The topological polar surface area (TPSA) is 89.3 Å². The molecule has 1 aliphatic rings. The molecule has 0 aliphatic heterocycles. The Kier molecular flexibility index (Phi) is 5.38. The first-order valence-electron chi connectivity index (χ1n) is 6.83. The van der Waals surface area contributed by atoms with Gasteiger partial charge in [0.2, 0.25) is 5.91 Å². The number of hydrogen-bond donors (Lipinski definition) is 2. The molecule has 112 valence electrons. The largest absolute Gasteiger partial charge is 0.351 e. The monoisotopic (exact) mass is 290 g/mol. The van der Waals surface area contributed by atoms with Crippen LogP contribution in [0, 0.1) is 5.92 Å². The molecule has 0 bridgehead atoms. The van der Waals surface area contributed by atoms with Crippen molar-refractivity contribution in [2.45, 2.75) is 57.5 Å². The van der Waals surface area contributed by atoms with E-state index in [4.69, 9.17) is 5.73 Å². The summed E-state index contributed by atoms with van der Waals surface area (Å²) in [6, 6.07) is 0.130. The van der Waals surface area contributed by atoms with E-state index in [1.807, 2.05) is 13.8 Å². The van der Waals surface area contributed by atoms with Gasteiger partial charge in [-0.15, -0.1) is 0 Å². The number of hydrogen-bond acceptors (Lipinski definition) is 4. The van der Waals surface area contributed by atoms with Crippen molar-refractivity contribution in [1.29, 1.82) is 0 Å². The van der Waals surface area contributed by atoms with Crippen molar-refractivity contribution in [2.75, 3.05) is 12.0 Å². The minimum atomic E-state index is -3.00. The van der Waals surface area contributed by atoms with E-state index in [9.17, 15) is 13.2 Å². The van der Waals surface area contributed by atoms with Crippen molar-refractivity contribution in [3.63, 3.8) is 0 Å². The third kappa shape index (κ3) is 6.38. The number of carbonyl (C=O) groups excluding carboxylic acids is 1. The average Bonchev–Trinajstić information content (AvgIpc) is 2.60. The van der Waals surface area contributed by atoms with Gasteiger partial charge >= 0.3 is 0 Å². The molecule has 5 nitrogen and oxygen atoms in total. The molecule has 6 heteroatoms. The predicted octanol–water partition coefficient (Wildman–Crippen LogP) is 0.833. The fraction of sp³-hybridized carbons (Fsp3) is 0.923. The van der Waals surface area contributed by atoms with Crippen LogP contribution in [0.1, 0.15) is 46.0 Å². The average molecular weight is 290 g/mol. The molecule has 1 amide bonds. The highest BCUT2D eigenvalue weighted by Crippen LogP contribution is 2.27. The van der Waals surface area contributed by atoms with Crippen LogP contribution < -0.4 is 11.1 Å². The lowest BCUT2D eigenvalue weighted by Crippen LogP contribution is -2.45. The molecular weight excluding hydrogens is 264 g/mol. The first-order valence-corrected chi connectivity index (χ1v) is 8.89. The molecule has 3 N–H and O–H groups in total. The van der Waals surface area contributed by atoms with Crippen molar-refractivity contribution in [3.05, 3.63) is 0 Å². The summed E-state index contributed by atoms with van der Waals surface area (Å²) in [6.45, 7) is 3.70. The summed E-state index contributed by atoms with van der Waals surface area (Å²) in [5.41, 5.74) is 5.45. The van der Waals surface area contributed by atoms with Crippen LogP contribution in [0.3, 0.4) is 0 Å². The highest BCUT2D eigenvalue weighted by atomic mass is 32.2. The Labute approximate surface area is 116 Å². The van der Waals surface area contributed by atoms with Gasteiger partial charge in [0.15, 0.2) is 0 Å². The standard InChI is InChI=1S/C13H26N2O3S/c1-13(2,7-8-19(3,17)18)15-12(16)9-10-5-4-6-11(10)14/h10-11H,4-9,14H2,1-3H3,(H,15,16)/t10-,11+/m0/s1. The third-order valence-corrected chi connectivity index (χ3v) is 4.69. The first-order chi connectivity index (χ1) is 8.59. The van der Waals surface area contributed by atoms with Crippen molar-refractivity contribution < 1.29 is 13.2 Å². The van der Waals surface area contributed by atoms with E-state index >= 15 is 0 Å². The van der Waals surface area contributed by atoms with Gasteiger partial charge in [0.1, 0.15) is 9.84 Å². The normalized spacial score (nSPS) is 24.4. The van der Waals surface area contributed by atoms with Crippen LogP contribution in [0.25, 0.3) is 0 Å². The van der Waals surface area contributed by atoms with Crippen LogP contribution in [-0.4, -0.2) is 37.9 Å². The van der Waals surface area contributed by atoms with E-state index in [2.05, 4.69) is 5.32 Å². The van der Waals surface area contributed by atoms with Gasteiger partial charge in [-0.2, -0.15) is 0 Å². The molecule has 1 fully saturated rings. The number of amides is 1. The number of rotatable bonds is 6. The zero-order valence-corrected chi connectivity index (χ0v) is 12.9. The Balaban J connectivity index is 2.41. The molecule has 1 rings (SSSR count). The first kappa shape index (κ1) is 16.4. The lowest BCUT2D eigenvalue weighted by Gasteiger charge is -2.27. The minimum absolute atomic E-state index is 0.0270. The Hall–Kier alpha value is -0.620. The lowest BCUT2D eigenvalue weighted by atomic mass is 9.97. The van der Waals surface area contributed by atoms with Crippen LogP contribution in [0.5, 0.6) is 0 Å². The number of sulfone groups is 1. The van der Waals surface area contributed by atoms with Crippen LogP contribution in [0.2, 0.25) is 0 Å². The van der Waals surface area contributed by atoms with Crippen molar-refractivity contribution in [1.82, 2.24) is 5.32 Å². The van der Waals surface area contributed by atoms with Crippen molar-refractivity contribution in [3.8, 4) is 0 Å². The van der Waals surface area contributed by atoms with Crippen LogP contribution in [0.15, 0.2) is 0 Å². The van der Waals surface area contributed by atoms with Gasteiger partial charge in [-0.25, -0.2) is 8.42 Å². The van der Waals surface area contributed by atoms with Gasteiger partial charge in [0.05, 0.1) is 5.75 Å². The molecule has 0 aromatic rings. The lowest BCUT2D eigenvalue weighted by molar-refractivity contribution is -0.123. The van der Waals surface area contributed by atoms with Gasteiger partial charge in [0, 0.05) is 24.3 Å². The summed E-state index contributed by atoms with van der Waals surface area (Å²) in [4.78, 5) is 12.0. The Bertz CT molecular complexity index is 418. The van der Waals surface area contributed by atoms with Gasteiger partial charge in [-0.3, -0.25) is 4.79 Å². The molecule has 0 heterocycles. The Morgan fingerprint density at radius 3 is 2.47 bits per heavy atom. The summed E-state index contributed by atoms with van der Waals surface area (Å²) < 4.78 is 22.3. The molecular formula is C13H26N2O3S. The number of nitrogens with two attached hydrogens (primary N) is 1. The molecule has 0 aromatic heterocycles. The smallest absolute Gasteiger partial charge is 0.220 e. The van der Waals surface area contributed by atoms with E-state index < -0.39 is 15.4 Å². The summed E-state index contributed by atoms with van der Waals surface area (Å²) in [7, 11) is -3.00. The van der Waals surface area contributed by atoms with Gasteiger partial charge in [0.25, 0.3) is 0 Å². The van der Waals surface area contributed by atoms with E-state index in [0.717, 1.165) is 19.3 Å². The summed E-state index contributed by atoms with van der Waals surface area (Å²) in [5.74, 6) is 0.329. The SMILES string of the molecule is CC(C)(CCS(C)(=O)=O)NC(=O)C[C@@H]1CCC[C@H]1N. The second-order valence-corrected chi connectivity index (χ2v) is 8.63. The van der Waals surface area contributed by atoms with E-state index in [0.29, 0.717) is 12.8 Å². The van der Waals surface area contributed by atoms with Crippen molar-refractivity contribution in [2.24, 2.45) is 11.7 Å². The summed E-state index contributed by atoms with van der Waals surface area (Å²) >= 11 is 0. The highest BCUT2D eigenvalue weighted by molar-refractivity contribution is 7.90. The third-order valence-electron chi connectivity index (χ3n) is 3.74. The Morgan fingerprint density at radius 1 is 1.37 bits per heavy atom. The maximum Gasteiger partial charge on any atom is 0.220 e. The number of carbonyl (C=O) groups is 1. The Morgan fingerprint density at radius 2 is 2.00 bits per heavy atom. The molecule has 1 aliphatic carbocycles.